The highest BCUT2D eigenvalue weighted by Gasteiger charge is 2.08. The van der Waals surface area contributed by atoms with E-state index in [1.54, 1.807) is 23.0 Å². The molecular weight excluding hydrogens is 282 g/mol. The topological polar surface area (TPSA) is 93.2 Å². The highest BCUT2D eigenvalue weighted by molar-refractivity contribution is 5.39. The Hall–Kier alpha value is -3.03. The maximum Gasteiger partial charge on any atom is 0.272 e. The van der Waals surface area contributed by atoms with E-state index in [1.807, 2.05) is 13.0 Å². The molecule has 0 spiro atoms. The summed E-state index contributed by atoms with van der Waals surface area (Å²) in [6.07, 6.45) is 4.69. The molecule has 4 aromatic heterocycles. The van der Waals surface area contributed by atoms with Crippen molar-refractivity contribution >= 4 is 11.4 Å². The first-order valence-corrected chi connectivity index (χ1v) is 6.94. The van der Waals surface area contributed by atoms with E-state index in [9.17, 15) is 4.79 Å². The Morgan fingerprint density at radius 3 is 3.00 bits per heavy atom. The number of hydrogen-bond acceptors (Lipinski definition) is 5. The molecule has 4 rings (SSSR count). The maximum absolute atomic E-state index is 12.0. The van der Waals surface area contributed by atoms with Crippen LogP contribution in [-0.4, -0.2) is 34.2 Å². The van der Waals surface area contributed by atoms with Gasteiger partial charge in [-0.15, -0.1) is 5.10 Å². The van der Waals surface area contributed by atoms with E-state index in [4.69, 9.17) is 0 Å². The molecule has 0 amide bonds. The molecular formula is C14H13N7O. The minimum absolute atomic E-state index is 0.113. The highest BCUT2D eigenvalue weighted by atomic mass is 16.1. The fraction of sp³-hybridized carbons (Fsp3) is 0.214. The molecule has 110 valence electrons. The Morgan fingerprint density at radius 2 is 2.14 bits per heavy atom. The quantitative estimate of drug-likeness (QED) is 0.596. The average molecular weight is 295 g/mol. The Bertz CT molecular complexity index is 993. The number of nitrogens with one attached hydrogen (secondary N) is 1. The second-order valence-corrected chi connectivity index (χ2v) is 5.11. The van der Waals surface area contributed by atoms with Gasteiger partial charge in [0.1, 0.15) is 0 Å². The lowest BCUT2D eigenvalue weighted by Gasteiger charge is -1.98. The van der Waals surface area contributed by atoms with Gasteiger partial charge in [0.15, 0.2) is 11.5 Å². The SMILES string of the molecule is Cc1cc2nc(CCc3nc4ncccn4n3)cc(=O)n2[nH]1. The Morgan fingerprint density at radius 1 is 1.23 bits per heavy atom. The number of fused-ring (bicyclic) bond motifs is 2. The van der Waals surface area contributed by atoms with Crippen LogP contribution in [0.15, 0.2) is 35.4 Å². The molecule has 0 saturated carbocycles. The van der Waals surface area contributed by atoms with E-state index in [2.05, 4.69) is 25.1 Å². The van der Waals surface area contributed by atoms with Crippen LogP contribution < -0.4 is 5.56 Å². The second-order valence-electron chi connectivity index (χ2n) is 5.11. The van der Waals surface area contributed by atoms with Crippen molar-refractivity contribution in [3.63, 3.8) is 0 Å². The van der Waals surface area contributed by atoms with Gasteiger partial charge in [0, 0.05) is 42.3 Å². The van der Waals surface area contributed by atoms with Crippen molar-refractivity contribution in [2.45, 2.75) is 19.8 Å². The van der Waals surface area contributed by atoms with Gasteiger partial charge in [-0.05, 0) is 19.4 Å². The van der Waals surface area contributed by atoms with E-state index in [0.29, 0.717) is 30.1 Å². The number of H-pyrrole nitrogens is 1. The van der Waals surface area contributed by atoms with E-state index < -0.39 is 0 Å². The summed E-state index contributed by atoms with van der Waals surface area (Å²) in [6.45, 7) is 1.89. The molecule has 0 bridgehead atoms. The van der Waals surface area contributed by atoms with Gasteiger partial charge < -0.3 is 0 Å². The Balaban J connectivity index is 1.61. The summed E-state index contributed by atoms with van der Waals surface area (Å²) >= 11 is 0. The second kappa shape index (κ2) is 4.76. The van der Waals surface area contributed by atoms with Crippen LogP contribution >= 0.6 is 0 Å². The molecule has 8 heteroatoms. The number of nitrogens with zero attached hydrogens (tertiary/aromatic N) is 6. The number of aryl methyl sites for hydroxylation is 3. The molecule has 0 aliphatic heterocycles. The van der Waals surface area contributed by atoms with Crippen molar-refractivity contribution in [3.8, 4) is 0 Å². The molecule has 4 aromatic rings. The van der Waals surface area contributed by atoms with Gasteiger partial charge in [-0.3, -0.25) is 9.89 Å². The number of hydrogen-bond donors (Lipinski definition) is 1. The lowest BCUT2D eigenvalue weighted by Crippen LogP contribution is -2.16. The first kappa shape index (κ1) is 12.7. The van der Waals surface area contributed by atoms with Gasteiger partial charge in [-0.2, -0.15) is 4.98 Å². The molecule has 0 saturated heterocycles. The maximum atomic E-state index is 12.0. The van der Waals surface area contributed by atoms with Crippen molar-refractivity contribution in [1.29, 1.82) is 0 Å². The number of rotatable bonds is 3. The zero-order chi connectivity index (χ0) is 15.1. The molecule has 1 N–H and O–H groups in total. The van der Waals surface area contributed by atoms with Gasteiger partial charge in [0.05, 0.1) is 0 Å². The summed E-state index contributed by atoms with van der Waals surface area (Å²) in [4.78, 5) is 25.0. The van der Waals surface area contributed by atoms with Crippen molar-refractivity contribution < 1.29 is 0 Å². The Labute approximate surface area is 124 Å². The van der Waals surface area contributed by atoms with Crippen LogP contribution in [0, 0.1) is 6.92 Å². The number of aromatic amines is 1. The van der Waals surface area contributed by atoms with E-state index >= 15 is 0 Å². The van der Waals surface area contributed by atoms with Crippen LogP contribution in [0.25, 0.3) is 11.4 Å². The molecule has 22 heavy (non-hydrogen) atoms. The summed E-state index contributed by atoms with van der Waals surface area (Å²) in [5, 5.41) is 7.29. The third kappa shape index (κ3) is 2.14. The average Bonchev–Trinajstić information content (AvgIpc) is 3.07. The summed E-state index contributed by atoms with van der Waals surface area (Å²) < 4.78 is 3.07. The summed E-state index contributed by atoms with van der Waals surface area (Å²) in [6, 6.07) is 5.19. The largest absolute Gasteiger partial charge is 0.294 e. The van der Waals surface area contributed by atoms with Crippen molar-refractivity contribution in [2.75, 3.05) is 0 Å². The first-order valence-electron chi connectivity index (χ1n) is 6.94. The smallest absolute Gasteiger partial charge is 0.272 e. The van der Waals surface area contributed by atoms with Crippen LogP contribution in [0.4, 0.5) is 0 Å². The molecule has 0 aromatic carbocycles. The predicted octanol–water partition coefficient (Wildman–Crippen LogP) is 0.554. The van der Waals surface area contributed by atoms with Gasteiger partial charge in [0.25, 0.3) is 11.3 Å². The monoisotopic (exact) mass is 295 g/mol. The van der Waals surface area contributed by atoms with Crippen LogP contribution in [0.1, 0.15) is 17.2 Å². The standard InChI is InChI=1S/C14H13N7O/c1-9-7-12-16-10(8-13(22)21(12)18-9)3-4-11-17-14-15-5-2-6-20(14)19-11/h2,5-8,18H,3-4H2,1H3. The molecule has 0 aliphatic rings. The molecule has 0 atom stereocenters. The summed E-state index contributed by atoms with van der Waals surface area (Å²) in [7, 11) is 0. The van der Waals surface area contributed by atoms with E-state index in [-0.39, 0.29) is 5.56 Å². The van der Waals surface area contributed by atoms with Crippen LogP contribution in [0.5, 0.6) is 0 Å². The van der Waals surface area contributed by atoms with Crippen molar-refractivity contribution in [3.05, 3.63) is 58.2 Å². The van der Waals surface area contributed by atoms with Crippen LogP contribution in [-0.2, 0) is 12.8 Å². The van der Waals surface area contributed by atoms with Gasteiger partial charge >= 0.3 is 0 Å². The third-order valence-electron chi connectivity index (χ3n) is 3.40. The third-order valence-corrected chi connectivity index (χ3v) is 3.40. The molecule has 0 radical (unpaired) electrons. The molecule has 4 heterocycles. The fourth-order valence-corrected chi connectivity index (χ4v) is 2.41. The van der Waals surface area contributed by atoms with Crippen molar-refractivity contribution in [2.24, 2.45) is 0 Å². The van der Waals surface area contributed by atoms with Gasteiger partial charge in [0.2, 0.25) is 0 Å². The van der Waals surface area contributed by atoms with E-state index in [1.165, 1.54) is 10.6 Å². The highest BCUT2D eigenvalue weighted by Crippen LogP contribution is 2.05. The predicted molar refractivity (Wildman–Crippen MR) is 78.7 cm³/mol. The summed E-state index contributed by atoms with van der Waals surface area (Å²) in [5.41, 5.74) is 2.15. The number of aromatic nitrogens is 7. The zero-order valence-corrected chi connectivity index (χ0v) is 11.9. The lowest BCUT2D eigenvalue weighted by molar-refractivity contribution is 0.804. The first-order chi connectivity index (χ1) is 10.7. The molecule has 0 unspecified atom stereocenters. The minimum atomic E-state index is -0.113. The van der Waals surface area contributed by atoms with Gasteiger partial charge in [-0.1, -0.05) is 0 Å². The van der Waals surface area contributed by atoms with E-state index in [0.717, 1.165) is 11.4 Å². The van der Waals surface area contributed by atoms with Crippen LogP contribution in [0.2, 0.25) is 0 Å². The molecule has 8 nitrogen and oxygen atoms in total. The summed E-state index contributed by atoms with van der Waals surface area (Å²) in [5.74, 6) is 1.26. The zero-order valence-electron chi connectivity index (χ0n) is 11.9. The fourth-order valence-electron chi connectivity index (χ4n) is 2.41. The van der Waals surface area contributed by atoms with Crippen molar-refractivity contribution in [1.82, 2.24) is 34.2 Å². The minimum Gasteiger partial charge on any atom is -0.294 e. The molecule has 0 fully saturated rings. The lowest BCUT2D eigenvalue weighted by atomic mass is 10.2. The van der Waals surface area contributed by atoms with Crippen LogP contribution in [0.3, 0.4) is 0 Å². The normalized spacial score (nSPS) is 11.5. The Kier molecular flexibility index (Phi) is 2.75. The molecule has 0 aliphatic carbocycles. The van der Waals surface area contributed by atoms with Gasteiger partial charge in [-0.25, -0.2) is 19.0 Å².